The van der Waals surface area contributed by atoms with Crippen molar-refractivity contribution >= 4 is 10.0 Å². The second-order valence-electron chi connectivity index (χ2n) is 4.07. The summed E-state index contributed by atoms with van der Waals surface area (Å²) in [7, 11) is -2.01. The molecule has 0 aromatic heterocycles. The Hall–Kier alpha value is -1.11. The Bertz CT molecular complexity index is 471. The van der Waals surface area contributed by atoms with Crippen LogP contribution < -0.4 is 9.46 Å². The molecule has 1 unspecified atom stereocenters. The molecule has 0 bridgehead atoms. The van der Waals surface area contributed by atoms with Gasteiger partial charge in [-0.05, 0) is 31.9 Å². The molecule has 0 aliphatic heterocycles. The van der Waals surface area contributed by atoms with E-state index in [0.717, 1.165) is 0 Å². The van der Waals surface area contributed by atoms with Crippen molar-refractivity contribution in [2.75, 3.05) is 13.7 Å². The molecule has 5 nitrogen and oxygen atoms in total. The van der Waals surface area contributed by atoms with Crippen LogP contribution >= 0.6 is 0 Å². The molecule has 0 aliphatic rings. The van der Waals surface area contributed by atoms with Crippen molar-refractivity contribution in [1.82, 2.24) is 4.72 Å². The first-order chi connectivity index (χ1) is 8.45. The molecule has 0 amide bonds. The summed E-state index contributed by atoms with van der Waals surface area (Å²) in [5.74, 6) is 0.502. The van der Waals surface area contributed by atoms with Crippen LogP contribution in [0.1, 0.15) is 19.8 Å². The van der Waals surface area contributed by atoms with E-state index in [4.69, 9.17) is 9.84 Å². The third kappa shape index (κ3) is 4.64. The van der Waals surface area contributed by atoms with Crippen LogP contribution in [0.2, 0.25) is 0 Å². The number of sulfonamides is 1. The van der Waals surface area contributed by atoms with Crippen molar-refractivity contribution in [2.45, 2.75) is 30.8 Å². The molecule has 0 spiro atoms. The fourth-order valence-electron chi connectivity index (χ4n) is 1.46. The SMILES string of the molecule is COc1cccc(S(=O)(=O)NCCCC(C)O)c1. The number of aliphatic hydroxyl groups is 1. The van der Waals surface area contributed by atoms with E-state index in [9.17, 15) is 8.42 Å². The van der Waals surface area contributed by atoms with Crippen molar-refractivity contribution < 1.29 is 18.3 Å². The van der Waals surface area contributed by atoms with Gasteiger partial charge in [0.25, 0.3) is 0 Å². The quantitative estimate of drug-likeness (QED) is 0.730. The molecule has 18 heavy (non-hydrogen) atoms. The highest BCUT2D eigenvalue weighted by atomic mass is 32.2. The molecule has 6 heteroatoms. The standard InChI is InChI=1S/C12H19NO4S/c1-10(14)5-4-8-13-18(15,16)12-7-3-6-11(9-12)17-2/h3,6-7,9-10,13-14H,4-5,8H2,1-2H3. The van der Waals surface area contributed by atoms with Crippen LogP contribution in [0, 0.1) is 0 Å². The highest BCUT2D eigenvalue weighted by Crippen LogP contribution is 2.16. The molecule has 0 saturated heterocycles. The molecule has 1 atom stereocenters. The summed E-state index contributed by atoms with van der Waals surface area (Å²) < 4.78 is 31.3. The molecule has 0 saturated carbocycles. The fraction of sp³-hybridized carbons (Fsp3) is 0.500. The number of aliphatic hydroxyl groups excluding tert-OH is 1. The summed E-state index contributed by atoms with van der Waals surface area (Å²) in [6.45, 7) is 1.99. The van der Waals surface area contributed by atoms with E-state index in [0.29, 0.717) is 25.1 Å². The van der Waals surface area contributed by atoms with Gasteiger partial charge >= 0.3 is 0 Å². The Labute approximate surface area is 108 Å². The minimum Gasteiger partial charge on any atom is -0.497 e. The first-order valence-corrected chi connectivity index (χ1v) is 7.26. The third-order valence-corrected chi connectivity index (χ3v) is 3.90. The van der Waals surface area contributed by atoms with Gasteiger partial charge in [-0.15, -0.1) is 0 Å². The van der Waals surface area contributed by atoms with Gasteiger partial charge in [0.2, 0.25) is 10.0 Å². The van der Waals surface area contributed by atoms with Crippen LogP contribution in [0.3, 0.4) is 0 Å². The lowest BCUT2D eigenvalue weighted by atomic mass is 10.2. The van der Waals surface area contributed by atoms with Gasteiger partial charge in [0.15, 0.2) is 0 Å². The van der Waals surface area contributed by atoms with E-state index >= 15 is 0 Å². The van der Waals surface area contributed by atoms with E-state index in [1.165, 1.54) is 19.2 Å². The van der Waals surface area contributed by atoms with E-state index < -0.39 is 16.1 Å². The molecule has 0 radical (unpaired) electrons. The van der Waals surface area contributed by atoms with Gasteiger partial charge in [0, 0.05) is 12.6 Å². The lowest BCUT2D eigenvalue weighted by Crippen LogP contribution is -2.25. The first-order valence-electron chi connectivity index (χ1n) is 5.77. The summed E-state index contributed by atoms with van der Waals surface area (Å²) in [5, 5.41) is 9.07. The lowest BCUT2D eigenvalue weighted by molar-refractivity contribution is 0.182. The average molecular weight is 273 g/mol. The summed E-state index contributed by atoms with van der Waals surface area (Å²) >= 11 is 0. The summed E-state index contributed by atoms with van der Waals surface area (Å²) in [4.78, 5) is 0.180. The topological polar surface area (TPSA) is 75.6 Å². The highest BCUT2D eigenvalue weighted by Gasteiger charge is 2.13. The number of hydrogen-bond donors (Lipinski definition) is 2. The highest BCUT2D eigenvalue weighted by molar-refractivity contribution is 7.89. The van der Waals surface area contributed by atoms with Crippen LogP contribution in [-0.2, 0) is 10.0 Å². The van der Waals surface area contributed by atoms with Crippen LogP contribution in [0.25, 0.3) is 0 Å². The molecular weight excluding hydrogens is 254 g/mol. The average Bonchev–Trinajstić information content (AvgIpc) is 2.34. The molecule has 1 aromatic carbocycles. The van der Waals surface area contributed by atoms with E-state index in [2.05, 4.69) is 4.72 Å². The van der Waals surface area contributed by atoms with E-state index in [-0.39, 0.29) is 4.90 Å². The Morgan fingerprint density at radius 1 is 1.44 bits per heavy atom. The molecule has 102 valence electrons. The molecular formula is C12H19NO4S. The predicted octanol–water partition coefficient (Wildman–Crippen LogP) is 1.13. The second kappa shape index (κ2) is 6.72. The summed E-state index contributed by atoms with van der Waals surface area (Å²) in [6, 6.07) is 6.30. The van der Waals surface area contributed by atoms with Crippen LogP contribution in [-0.4, -0.2) is 33.3 Å². The Balaban J connectivity index is 2.62. The van der Waals surface area contributed by atoms with Crippen LogP contribution in [0.4, 0.5) is 0 Å². The van der Waals surface area contributed by atoms with E-state index in [1.54, 1.807) is 19.1 Å². The molecule has 2 N–H and O–H groups in total. The number of hydrogen-bond acceptors (Lipinski definition) is 4. The summed E-state index contributed by atoms with van der Waals surface area (Å²) in [6.07, 6.45) is 0.757. The van der Waals surface area contributed by atoms with Crippen molar-refractivity contribution in [3.8, 4) is 5.75 Å². The van der Waals surface area contributed by atoms with E-state index in [1.807, 2.05) is 0 Å². The number of rotatable bonds is 7. The molecule has 0 fully saturated rings. The normalized spacial score (nSPS) is 13.3. The maximum atomic E-state index is 11.9. The van der Waals surface area contributed by atoms with Gasteiger partial charge < -0.3 is 9.84 Å². The number of ether oxygens (including phenoxy) is 1. The second-order valence-corrected chi connectivity index (χ2v) is 5.83. The minimum absolute atomic E-state index is 0.180. The smallest absolute Gasteiger partial charge is 0.240 e. The van der Waals surface area contributed by atoms with Crippen molar-refractivity contribution in [1.29, 1.82) is 0 Å². The van der Waals surface area contributed by atoms with Crippen molar-refractivity contribution in [3.05, 3.63) is 24.3 Å². The largest absolute Gasteiger partial charge is 0.497 e. The maximum absolute atomic E-state index is 11.9. The summed E-state index contributed by atoms with van der Waals surface area (Å²) in [5.41, 5.74) is 0. The van der Waals surface area contributed by atoms with Gasteiger partial charge in [-0.2, -0.15) is 0 Å². The van der Waals surface area contributed by atoms with Crippen LogP contribution in [0.15, 0.2) is 29.2 Å². The first kappa shape index (κ1) is 14.9. The van der Waals surface area contributed by atoms with Crippen molar-refractivity contribution in [3.63, 3.8) is 0 Å². The number of nitrogens with one attached hydrogen (secondary N) is 1. The van der Waals surface area contributed by atoms with Gasteiger partial charge in [0.05, 0.1) is 18.1 Å². The van der Waals surface area contributed by atoms with Gasteiger partial charge in [-0.25, -0.2) is 13.1 Å². The molecule has 0 aliphatic carbocycles. The zero-order chi connectivity index (χ0) is 13.6. The molecule has 0 heterocycles. The fourth-order valence-corrected chi connectivity index (χ4v) is 2.56. The van der Waals surface area contributed by atoms with Crippen LogP contribution in [0.5, 0.6) is 5.75 Å². The number of benzene rings is 1. The zero-order valence-electron chi connectivity index (χ0n) is 10.6. The lowest BCUT2D eigenvalue weighted by Gasteiger charge is -2.08. The van der Waals surface area contributed by atoms with Gasteiger partial charge in [0.1, 0.15) is 5.75 Å². The Morgan fingerprint density at radius 2 is 2.17 bits per heavy atom. The van der Waals surface area contributed by atoms with Gasteiger partial charge in [-0.3, -0.25) is 0 Å². The van der Waals surface area contributed by atoms with Gasteiger partial charge in [-0.1, -0.05) is 6.07 Å². The maximum Gasteiger partial charge on any atom is 0.240 e. The molecule has 1 aromatic rings. The Kier molecular flexibility index (Phi) is 5.58. The monoisotopic (exact) mass is 273 g/mol. The number of methoxy groups -OCH3 is 1. The Morgan fingerprint density at radius 3 is 2.78 bits per heavy atom. The molecule has 1 rings (SSSR count). The third-order valence-electron chi connectivity index (χ3n) is 2.44. The minimum atomic E-state index is -3.50. The predicted molar refractivity (Wildman–Crippen MR) is 69.1 cm³/mol. The zero-order valence-corrected chi connectivity index (χ0v) is 11.4. The van der Waals surface area contributed by atoms with Crippen molar-refractivity contribution in [2.24, 2.45) is 0 Å².